The molecule has 0 heterocycles. The first-order valence-electron chi connectivity index (χ1n) is 8.49. The number of anilines is 1. The maximum absolute atomic E-state index is 12.6. The quantitative estimate of drug-likeness (QED) is 0.263. The van der Waals surface area contributed by atoms with Crippen LogP contribution >= 0.6 is 11.6 Å². The zero-order valence-electron chi connectivity index (χ0n) is 15.3. The van der Waals surface area contributed by atoms with E-state index in [4.69, 9.17) is 11.6 Å². The van der Waals surface area contributed by atoms with Crippen LogP contribution in [-0.4, -0.2) is 30.8 Å². The fraction of sp³-hybridized carbons (Fsp3) is 0. The fourth-order valence-corrected chi connectivity index (χ4v) is 3.64. The summed E-state index contributed by atoms with van der Waals surface area (Å²) in [7, 11) is -3.93. The molecule has 0 spiro atoms. The Hall–Kier alpha value is -3.56. The van der Waals surface area contributed by atoms with Gasteiger partial charge in [-0.15, -0.1) is 0 Å². The van der Waals surface area contributed by atoms with Gasteiger partial charge in [0.1, 0.15) is 0 Å². The highest BCUT2D eigenvalue weighted by molar-refractivity contribution is 7.92. The summed E-state index contributed by atoms with van der Waals surface area (Å²) < 4.78 is 27.6. The normalized spacial score (nSPS) is 11.4. The molecule has 4 N–H and O–H groups in total. The number of benzene rings is 3. The van der Waals surface area contributed by atoms with Gasteiger partial charge < -0.3 is 10.2 Å². The highest BCUT2D eigenvalue weighted by Crippen LogP contribution is 2.26. The smallest absolute Gasteiger partial charge is 0.271 e. The van der Waals surface area contributed by atoms with Gasteiger partial charge in [0.2, 0.25) is 0 Å². The number of carbonyl (C=O) groups is 1. The van der Waals surface area contributed by atoms with Gasteiger partial charge in [-0.3, -0.25) is 9.52 Å². The zero-order valence-corrected chi connectivity index (χ0v) is 16.9. The molecule has 10 heteroatoms. The van der Waals surface area contributed by atoms with Crippen LogP contribution in [0.1, 0.15) is 15.9 Å². The van der Waals surface area contributed by atoms with Crippen molar-refractivity contribution in [3.63, 3.8) is 0 Å². The lowest BCUT2D eigenvalue weighted by atomic mass is 10.2. The van der Waals surface area contributed by atoms with Crippen LogP contribution < -0.4 is 10.1 Å². The van der Waals surface area contributed by atoms with Gasteiger partial charge in [0.15, 0.2) is 11.5 Å². The molecule has 3 aromatic rings. The summed E-state index contributed by atoms with van der Waals surface area (Å²) in [5.74, 6) is -1.36. The van der Waals surface area contributed by atoms with Crippen molar-refractivity contribution in [1.82, 2.24) is 5.43 Å². The van der Waals surface area contributed by atoms with Crippen LogP contribution in [0, 0.1) is 0 Å². The van der Waals surface area contributed by atoms with E-state index < -0.39 is 15.9 Å². The number of phenolic OH excluding ortho intramolecular Hbond substituents is 2. The molecular weight excluding hydrogens is 430 g/mol. The van der Waals surface area contributed by atoms with E-state index >= 15 is 0 Å². The van der Waals surface area contributed by atoms with Gasteiger partial charge in [0.25, 0.3) is 15.9 Å². The van der Waals surface area contributed by atoms with E-state index in [0.29, 0.717) is 10.7 Å². The third kappa shape index (κ3) is 5.07. The van der Waals surface area contributed by atoms with Crippen molar-refractivity contribution in [2.45, 2.75) is 4.90 Å². The topological polar surface area (TPSA) is 128 Å². The molecule has 3 rings (SSSR count). The average Bonchev–Trinajstić information content (AvgIpc) is 2.73. The number of nitrogens with one attached hydrogen (secondary N) is 2. The van der Waals surface area contributed by atoms with E-state index in [-0.39, 0.29) is 27.5 Å². The Morgan fingerprint density at radius 1 is 1.00 bits per heavy atom. The van der Waals surface area contributed by atoms with Gasteiger partial charge in [0.05, 0.1) is 11.1 Å². The first-order chi connectivity index (χ1) is 14.3. The predicted octanol–water partition coefficient (Wildman–Crippen LogP) is 3.32. The summed E-state index contributed by atoms with van der Waals surface area (Å²) in [5, 5.41) is 23.3. The molecule has 1 amide bonds. The van der Waals surface area contributed by atoms with Crippen molar-refractivity contribution in [1.29, 1.82) is 0 Å². The standard InChI is InChI=1S/C20H16ClN3O5S/c21-15-7-9-16(10-8-15)24-30(28,29)17-5-1-3-13(11-17)20(27)23-22-12-14-4-2-6-18(25)19(14)26/h1-12,24-26H,(H,23,27). The van der Waals surface area contributed by atoms with E-state index in [1.54, 1.807) is 12.1 Å². The van der Waals surface area contributed by atoms with Gasteiger partial charge in [-0.1, -0.05) is 23.7 Å². The van der Waals surface area contributed by atoms with Gasteiger partial charge in [-0.05, 0) is 54.6 Å². The maximum Gasteiger partial charge on any atom is 0.271 e. The maximum atomic E-state index is 12.6. The summed E-state index contributed by atoms with van der Waals surface area (Å²) in [5.41, 5.74) is 2.82. The van der Waals surface area contributed by atoms with Gasteiger partial charge >= 0.3 is 0 Å². The molecule has 30 heavy (non-hydrogen) atoms. The monoisotopic (exact) mass is 445 g/mol. The first kappa shape index (κ1) is 21.2. The Morgan fingerprint density at radius 3 is 2.43 bits per heavy atom. The molecule has 0 saturated heterocycles. The molecule has 0 aliphatic rings. The molecule has 0 saturated carbocycles. The minimum absolute atomic E-state index is 0.0614. The van der Waals surface area contributed by atoms with Gasteiger partial charge in [0, 0.05) is 21.8 Å². The van der Waals surface area contributed by atoms with E-state index in [9.17, 15) is 23.4 Å². The summed E-state index contributed by atoms with van der Waals surface area (Å²) in [4.78, 5) is 12.2. The van der Waals surface area contributed by atoms with Crippen molar-refractivity contribution in [3.8, 4) is 11.5 Å². The third-order valence-electron chi connectivity index (χ3n) is 3.92. The number of hydrogen-bond donors (Lipinski definition) is 4. The molecule has 0 unspecified atom stereocenters. The Kier molecular flexibility index (Phi) is 6.24. The fourth-order valence-electron chi connectivity index (χ4n) is 2.41. The second-order valence-corrected chi connectivity index (χ2v) is 8.17. The van der Waals surface area contributed by atoms with Crippen LogP contribution in [0.4, 0.5) is 5.69 Å². The van der Waals surface area contributed by atoms with E-state index in [1.165, 1.54) is 54.6 Å². The lowest BCUT2D eigenvalue weighted by Gasteiger charge is -2.09. The summed E-state index contributed by atoms with van der Waals surface area (Å²) >= 11 is 5.79. The zero-order chi connectivity index (χ0) is 21.7. The Bertz CT molecular complexity index is 1210. The van der Waals surface area contributed by atoms with Crippen molar-refractivity contribution in [3.05, 3.63) is 82.9 Å². The van der Waals surface area contributed by atoms with Crippen molar-refractivity contribution < 1.29 is 23.4 Å². The van der Waals surface area contributed by atoms with Crippen molar-refractivity contribution in [2.75, 3.05) is 4.72 Å². The summed E-state index contributed by atoms with van der Waals surface area (Å²) in [6, 6.07) is 15.8. The van der Waals surface area contributed by atoms with Crippen LogP contribution in [0.15, 0.2) is 76.7 Å². The lowest BCUT2D eigenvalue weighted by molar-refractivity contribution is 0.0955. The number of amides is 1. The Balaban J connectivity index is 1.74. The number of sulfonamides is 1. The number of carbonyl (C=O) groups excluding carboxylic acids is 1. The third-order valence-corrected chi connectivity index (χ3v) is 5.55. The summed E-state index contributed by atoms with van der Waals surface area (Å²) in [6.07, 6.45) is 1.15. The van der Waals surface area contributed by atoms with Crippen LogP contribution in [0.2, 0.25) is 5.02 Å². The highest BCUT2D eigenvalue weighted by Gasteiger charge is 2.16. The van der Waals surface area contributed by atoms with Crippen LogP contribution in [0.25, 0.3) is 0 Å². The molecule has 0 aliphatic heterocycles. The molecule has 0 fully saturated rings. The molecule has 8 nitrogen and oxygen atoms in total. The number of aromatic hydroxyl groups is 2. The van der Waals surface area contributed by atoms with Crippen LogP contribution in [0.5, 0.6) is 11.5 Å². The minimum Gasteiger partial charge on any atom is -0.504 e. The molecule has 0 aromatic heterocycles. The first-order valence-corrected chi connectivity index (χ1v) is 10.4. The second-order valence-electron chi connectivity index (χ2n) is 6.05. The number of nitrogens with zero attached hydrogens (tertiary/aromatic N) is 1. The molecular formula is C20H16ClN3O5S. The number of rotatable bonds is 6. The summed E-state index contributed by atoms with van der Waals surface area (Å²) in [6.45, 7) is 0. The Labute approximate surface area is 177 Å². The average molecular weight is 446 g/mol. The van der Waals surface area contributed by atoms with E-state index in [2.05, 4.69) is 15.2 Å². The lowest BCUT2D eigenvalue weighted by Crippen LogP contribution is -2.19. The number of hydrazone groups is 1. The number of phenols is 2. The highest BCUT2D eigenvalue weighted by atomic mass is 35.5. The van der Waals surface area contributed by atoms with Crippen LogP contribution in [-0.2, 0) is 10.0 Å². The van der Waals surface area contributed by atoms with Crippen molar-refractivity contribution in [2.24, 2.45) is 5.10 Å². The van der Waals surface area contributed by atoms with Crippen molar-refractivity contribution >= 4 is 39.4 Å². The molecule has 0 aliphatic carbocycles. The minimum atomic E-state index is -3.93. The van der Waals surface area contributed by atoms with E-state index in [1.807, 2.05) is 0 Å². The molecule has 0 atom stereocenters. The number of halogens is 1. The Morgan fingerprint density at radius 2 is 1.70 bits per heavy atom. The van der Waals surface area contributed by atoms with E-state index in [0.717, 1.165) is 6.21 Å². The number of hydrogen-bond acceptors (Lipinski definition) is 6. The van der Waals surface area contributed by atoms with Gasteiger partial charge in [-0.25, -0.2) is 13.8 Å². The SMILES string of the molecule is O=C(NN=Cc1cccc(O)c1O)c1cccc(S(=O)(=O)Nc2ccc(Cl)cc2)c1. The molecule has 3 aromatic carbocycles. The molecule has 154 valence electrons. The molecule has 0 bridgehead atoms. The predicted molar refractivity (Wildman–Crippen MR) is 114 cm³/mol. The largest absolute Gasteiger partial charge is 0.504 e. The van der Waals surface area contributed by atoms with Crippen LogP contribution in [0.3, 0.4) is 0 Å². The second kappa shape index (κ2) is 8.85. The van der Waals surface area contributed by atoms with Gasteiger partial charge in [-0.2, -0.15) is 5.10 Å². The number of para-hydroxylation sites is 1. The molecule has 0 radical (unpaired) electrons.